The van der Waals surface area contributed by atoms with Crippen molar-refractivity contribution in [3.63, 3.8) is 0 Å². The first kappa shape index (κ1) is 54.2. The number of unbranched alkanes of at least 4 members (excludes halogenated alkanes) is 32. The van der Waals surface area contributed by atoms with Crippen molar-refractivity contribution in [3.05, 3.63) is 0 Å². The molecule has 6 atom stereocenters. The number of carbonyl (C=O) groups excluding carboxylic acids is 1. The van der Waals surface area contributed by atoms with Gasteiger partial charge in [0.15, 0.2) is 6.29 Å². The summed E-state index contributed by atoms with van der Waals surface area (Å²) in [5, 5.41) is 40.1. The first-order chi connectivity index (χ1) is 27.9. The maximum absolute atomic E-state index is 12.8. The molecule has 0 spiro atoms. The Morgan fingerprint density at radius 1 is 0.491 bits per heavy atom. The molecule has 0 saturated carbocycles. The molecular weight excluding hydrogens is 721 g/mol. The number of rotatable bonds is 43. The summed E-state index contributed by atoms with van der Waals surface area (Å²) in [6.07, 6.45) is 37.1. The summed E-state index contributed by atoms with van der Waals surface area (Å²) in [6, 6.07) is 0. The van der Waals surface area contributed by atoms with E-state index in [2.05, 4.69) is 13.8 Å². The zero-order chi connectivity index (χ0) is 41.4. The minimum Gasteiger partial charge on any atom is -0.457 e. The van der Waals surface area contributed by atoms with Gasteiger partial charge in [0.25, 0.3) is 0 Å². The minimum atomic E-state index is -1.53. The highest BCUT2D eigenvalue weighted by Crippen LogP contribution is 2.23. The molecule has 1 aliphatic heterocycles. The Bertz CT molecular complexity index is 843. The fraction of sp³-hybridized carbons (Fsp3) is 0.979. The lowest BCUT2D eigenvalue weighted by Crippen LogP contribution is -2.59. The zero-order valence-electron chi connectivity index (χ0n) is 37.4. The Kier molecular flexibility index (Phi) is 38.6. The molecule has 57 heavy (non-hydrogen) atoms. The third-order valence-corrected chi connectivity index (χ3v) is 11.8. The van der Waals surface area contributed by atoms with Gasteiger partial charge in [-0.2, -0.15) is 0 Å². The van der Waals surface area contributed by atoms with Crippen LogP contribution in [-0.2, 0) is 23.7 Å². The van der Waals surface area contributed by atoms with Gasteiger partial charge in [-0.05, 0) is 12.8 Å². The molecule has 0 aromatic rings. The first-order valence-electron chi connectivity index (χ1n) is 24.6. The van der Waals surface area contributed by atoms with E-state index < -0.39 is 43.4 Å². The standard InChI is InChI=1S/C48H94O9/c1-3-5-7-9-11-13-15-17-18-19-20-21-22-23-24-25-26-28-30-32-34-36-38-54-40-42(41-55-48-47(53)46(52)45(51)43(39-49)57-48)56-44(50)37-35-33-31-29-27-16-14-12-10-8-6-4-2/h42-43,45-49,51-53H,3-41H2,1-2H3. The van der Waals surface area contributed by atoms with Crippen LogP contribution >= 0.6 is 0 Å². The second-order valence-corrected chi connectivity index (χ2v) is 17.3. The number of hydrogen-bond acceptors (Lipinski definition) is 9. The van der Waals surface area contributed by atoms with Crippen LogP contribution in [0.4, 0.5) is 0 Å². The summed E-state index contributed by atoms with van der Waals surface area (Å²) in [5.41, 5.74) is 0. The van der Waals surface area contributed by atoms with Gasteiger partial charge < -0.3 is 39.4 Å². The summed E-state index contributed by atoms with van der Waals surface area (Å²) < 4.78 is 22.9. The highest BCUT2D eigenvalue weighted by atomic mass is 16.7. The van der Waals surface area contributed by atoms with Crippen LogP contribution in [0.5, 0.6) is 0 Å². The summed E-state index contributed by atoms with van der Waals surface area (Å²) in [5.74, 6) is -0.308. The van der Waals surface area contributed by atoms with Gasteiger partial charge in [-0.1, -0.05) is 219 Å². The van der Waals surface area contributed by atoms with Crippen molar-refractivity contribution in [2.45, 2.75) is 275 Å². The van der Waals surface area contributed by atoms with E-state index >= 15 is 0 Å². The van der Waals surface area contributed by atoms with Crippen LogP contribution < -0.4 is 0 Å². The summed E-state index contributed by atoms with van der Waals surface area (Å²) in [4.78, 5) is 12.8. The van der Waals surface area contributed by atoms with Crippen LogP contribution in [0.25, 0.3) is 0 Å². The van der Waals surface area contributed by atoms with E-state index in [-0.39, 0.29) is 19.2 Å². The predicted octanol–water partition coefficient (Wildman–Crippen LogP) is 11.4. The largest absolute Gasteiger partial charge is 0.457 e. The van der Waals surface area contributed by atoms with Gasteiger partial charge in [0.2, 0.25) is 0 Å². The average molecular weight is 815 g/mol. The smallest absolute Gasteiger partial charge is 0.306 e. The molecule has 1 heterocycles. The Balaban J connectivity index is 2.16. The molecule has 0 aromatic heterocycles. The van der Waals surface area contributed by atoms with Gasteiger partial charge in [-0.15, -0.1) is 0 Å². The van der Waals surface area contributed by atoms with Crippen molar-refractivity contribution in [2.75, 3.05) is 26.4 Å². The van der Waals surface area contributed by atoms with E-state index in [1.807, 2.05) is 0 Å². The zero-order valence-corrected chi connectivity index (χ0v) is 37.4. The van der Waals surface area contributed by atoms with E-state index in [1.54, 1.807) is 0 Å². The normalized spacial score (nSPS) is 20.3. The Hall–Kier alpha value is -0.810. The quantitative estimate of drug-likeness (QED) is 0.0350. The fourth-order valence-corrected chi connectivity index (χ4v) is 7.91. The lowest BCUT2D eigenvalue weighted by atomic mass is 9.99. The number of aliphatic hydroxyl groups excluding tert-OH is 4. The SMILES string of the molecule is CCCCCCCCCCCCCCCCCCCCCCCCOCC(COC1OC(CO)C(O)C(O)C1O)OC(=O)CCCCCCCCCCCCCC. The number of carbonyl (C=O) groups is 1. The maximum atomic E-state index is 12.8. The highest BCUT2D eigenvalue weighted by Gasteiger charge is 2.44. The van der Waals surface area contributed by atoms with Crippen molar-refractivity contribution in [1.82, 2.24) is 0 Å². The molecule has 1 rings (SSSR count). The molecule has 6 unspecified atom stereocenters. The molecule has 9 heteroatoms. The van der Waals surface area contributed by atoms with Gasteiger partial charge >= 0.3 is 5.97 Å². The average Bonchev–Trinajstić information content (AvgIpc) is 3.21. The van der Waals surface area contributed by atoms with Gasteiger partial charge in [0.05, 0.1) is 19.8 Å². The molecule has 0 aromatic carbocycles. The molecule has 0 bridgehead atoms. The van der Waals surface area contributed by atoms with E-state index in [0.29, 0.717) is 13.0 Å². The molecule has 9 nitrogen and oxygen atoms in total. The Labute approximate surface area is 351 Å². The van der Waals surface area contributed by atoms with Crippen molar-refractivity contribution < 1.29 is 44.2 Å². The molecule has 1 fully saturated rings. The second-order valence-electron chi connectivity index (χ2n) is 17.3. The van der Waals surface area contributed by atoms with Crippen molar-refractivity contribution in [3.8, 4) is 0 Å². The lowest BCUT2D eigenvalue weighted by Gasteiger charge is -2.39. The molecular formula is C48H94O9. The highest BCUT2D eigenvalue weighted by molar-refractivity contribution is 5.69. The first-order valence-corrected chi connectivity index (χ1v) is 24.6. The molecule has 4 N–H and O–H groups in total. The van der Waals surface area contributed by atoms with Crippen LogP contribution in [0.15, 0.2) is 0 Å². The van der Waals surface area contributed by atoms with Crippen LogP contribution in [0.2, 0.25) is 0 Å². The Morgan fingerprint density at radius 3 is 1.25 bits per heavy atom. The Morgan fingerprint density at radius 2 is 0.860 bits per heavy atom. The van der Waals surface area contributed by atoms with Crippen LogP contribution in [-0.4, -0.2) is 89.6 Å². The van der Waals surface area contributed by atoms with E-state index in [1.165, 1.54) is 186 Å². The van der Waals surface area contributed by atoms with E-state index in [9.17, 15) is 25.2 Å². The number of esters is 1. The lowest BCUT2D eigenvalue weighted by molar-refractivity contribution is -0.305. The summed E-state index contributed by atoms with van der Waals surface area (Å²) >= 11 is 0. The summed E-state index contributed by atoms with van der Waals surface area (Å²) in [7, 11) is 0. The van der Waals surface area contributed by atoms with Crippen LogP contribution in [0.1, 0.15) is 239 Å². The predicted molar refractivity (Wildman–Crippen MR) is 233 cm³/mol. The molecule has 1 aliphatic rings. The minimum absolute atomic E-state index is 0.105. The van der Waals surface area contributed by atoms with Crippen molar-refractivity contribution >= 4 is 5.97 Å². The topological polar surface area (TPSA) is 135 Å². The molecule has 0 radical (unpaired) electrons. The van der Waals surface area contributed by atoms with Gasteiger partial charge in [-0.25, -0.2) is 0 Å². The second kappa shape index (κ2) is 40.6. The van der Waals surface area contributed by atoms with Crippen molar-refractivity contribution in [2.24, 2.45) is 0 Å². The van der Waals surface area contributed by atoms with Gasteiger partial charge in [0.1, 0.15) is 30.5 Å². The molecule has 1 saturated heterocycles. The third kappa shape index (κ3) is 31.7. The number of ether oxygens (including phenoxy) is 4. The number of aliphatic hydroxyl groups is 4. The number of hydrogen-bond donors (Lipinski definition) is 4. The van der Waals surface area contributed by atoms with Crippen LogP contribution in [0, 0.1) is 0 Å². The van der Waals surface area contributed by atoms with Gasteiger partial charge in [0, 0.05) is 13.0 Å². The summed E-state index contributed by atoms with van der Waals surface area (Å²) in [6.45, 7) is 4.61. The molecule has 0 amide bonds. The van der Waals surface area contributed by atoms with Crippen LogP contribution in [0.3, 0.4) is 0 Å². The van der Waals surface area contributed by atoms with E-state index in [0.717, 1.165) is 32.1 Å². The molecule has 340 valence electrons. The maximum Gasteiger partial charge on any atom is 0.306 e. The van der Waals surface area contributed by atoms with Gasteiger partial charge in [-0.3, -0.25) is 4.79 Å². The van der Waals surface area contributed by atoms with E-state index in [4.69, 9.17) is 18.9 Å². The fourth-order valence-electron chi connectivity index (χ4n) is 7.91. The molecule has 0 aliphatic carbocycles. The monoisotopic (exact) mass is 815 g/mol. The third-order valence-electron chi connectivity index (χ3n) is 11.8. The van der Waals surface area contributed by atoms with Crippen molar-refractivity contribution in [1.29, 1.82) is 0 Å².